The van der Waals surface area contributed by atoms with Gasteiger partial charge in [-0.15, -0.1) is 11.8 Å². The third kappa shape index (κ3) is 5.81. The second-order valence-corrected chi connectivity index (χ2v) is 12.0. The van der Waals surface area contributed by atoms with Crippen LogP contribution in [0.15, 0.2) is 28.0 Å². The molecule has 1 aromatic rings. The summed E-state index contributed by atoms with van der Waals surface area (Å²) in [5, 5.41) is 2.90. The van der Waals surface area contributed by atoms with E-state index in [2.05, 4.69) is 12.2 Å². The molecule has 2 aliphatic rings. The molecule has 1 N–H and O–H groups in total. The molecule has 0 saturated carbocycles. The number of sulfonamides is 1. The van der Waals surface area contributed by atoms with E-state index in [1.54, 1.807) is 30.0 Å². The molecule has 7 nitrogen and oxygen atoms in total. The van der Waals surface area contributed by atoms with Crippen LogP contribution in [0.5, 0.6) is 0 Å². The number of piperidine rings is 1. The van der Waals surface area contributed by atoms with Gasteiger partial charge in [-0.25, -0.2) is 8.42 Å². The topological polar surface area (TPSA) is 86.8 Å². The van der Waals surface area contributed by atoms with E-state index >= 15 is 0 Å². The Morgan fingerprint density at radius 1 is 1.23 bits per heavy atom. The number of thioether (sulfide) groups is 1. The summed E-state index contributed by atoms with van der Waals surface area (Å²) in [6.45, 7) is 7.63. The number of nitrogens with one attached hydrogen (secondary N) is 1. The van der Waals surface area contributed by atoms with Crippen LogP contribution in [-0.2, 0) is 19.6 Å². The largest absolute Gasteiger partial charge is 0.355 e. The van der Waals surface area contributed by atoms with Crippen molar-refractivity contribution in [2.75, 3.05) is 31.1 Å². The number of anilines is 1. The minimum atomic E-state index is -3.65. The average molecular weight is 468 g/mol. The zero-order valence-corrected chi connectivity index (χ0v) is 20.2. The molecule has 0 unspecified atom stereocenters. The van der Waals surface area contributed by atoms with Gasteiger partial charge in [-0.05, 0) is 43.4 Å². The monoisotopic (exact) mass is 467 g/mol. The molecular weight excluding hydrogens is 434 g/mol. The number of rotatable bonds is 7. The summed E-state index contributed by atoms with van der Waals surface area (Å²) in [4.78, 5) is 27.8. The number of nitrogens with zero attached hydrogens (tertiary/aromatic N) is 2. The third-order valence-corrected chi connectivity index (χ3v) is 8.91. The number of carbonyl (C=O) groups excluding carboxylic acids is 2. The first-order valence-corrected chi connectivity index (χ1v) is 13.4. The van der Waals surface area contributed by atoms with E-state index in [9.17, 15) is 18.0 Å². The summed E-state index contributed by atoms with van der Waals surface area (Å²) in [6, 6.07) is 4.97. The molecule has 2 amide bonds. The standard InChI is InChI=1S/C22H33N3O4S2/c1-4-5-10-23-21(26)15-25-19-14-18(6-7-20(19)30-17(3)13-22(25)27)31(28,29)24-11-8-16(2)9-12-24/h6-7,14,16-17H,4-5,8-13,15H2,1-3H3,(H,23,26)/t17-/m1/s1. The fourth-order valence-electron chi connectivity index (χ4n) is 3.87. The fraction of sp³-hybridized carbons (Fsp3) is 0.636. The van der Waals surface area contributed by atoms with Crippen LogP contribution < -0.4 is 10.2 Å². The van der Waals surface area contributed by atoms with Gasteiger partial charge in [0, 0.05) is 36.2 Å². The highest BCUT2D eigenvalue weighted by atomic mass is 32.2. The molecule has 2 aliphatic heterocycles. The van der Waals surface area contributed by atoms with Crippen molar-refractivity contribution in [2.45, 2.75) is 67.9 Å². The van der Waals surface area contributed by atoms with Gasteiger partial charge in [-0.2, -0.15) is 4.31 Å². The predicted molar refractivity (Wildman–Crippen MR) is 124 cm³/mol. The summed E-state index contributed by atoms with van der Waals surface area (Å²) in [5.74, 6) is 0.132. The van der Waals surface area contributed by atoms with Crippen molar-refractivity contribution >= 4 is 39.3 Å². The van der Waals surface area contributed by atoms with Gasteiger partial charge in [-0.3, -0.25) is 9.59 Å². The van der Waals surface area contributed by atoms with E-state index in [4.69, 9.17) is 0 Å². The zero-order valence-electron chi connectivity index (χ0n) is 18.6. The van der Waals surface area contributed by atoms with Crippen molar-refractivity contribution in [3.8, 4) is 0 Å². The molecule has 1 fully saturated rings. The Hall–Kier alpha value is -1.58. The molecule has 0 radical (unpaired) electrons. The van der Waals surface area contributed by atoms with Gasteiger partial charge < -0.3 is 10.2 Å². The molecule has 9 heteroatoms. The maximum atomic E-state index is 13.3. The molecular formula is C22H33N3O4S2. The lowest BCUT2D eigenvalue weighted by atomic mass is 10.0. The van der Waals surface area contributed by atoms with Gasteiger partial charge in [0.15, 0.2) is 0 Å². The van der Waals surface area contributed by atoms with Crippen LogP contribution in [0.1, 0.15) is 52.9 Å². The summed E-state index contributed by atoms with van der Waals surface area (Å²) in [6.07, 6.45) is 3.84. The van der Waals surface area contributed by atoms with Gasteiger partial charge in [0.1, 0.15) is 6.54 Å². The van der Waals surface area contributed by atoms with Crippen molar-refractivity contribution < 1.29 is 18.0 Å². The molecule has 0 spiro atoms. The molecule has 0 bridgehead atoms. The van der Waals surface area contributed by atoms with Crippen LogP contribution in [0.4, 0.5) is 5.69 Å². The number of fused-ring (bicyclic) bond motifs is 1. The SMILES string of the molecule is CCCCNC(=O)CN1C(=O)C[C@@H](C)Sc2ccc(S(=O)(=O)N3CCC(C)CC3)cc21. The van der Waals surface area contributed by atoms with Crippen LogP contribution in [-0.4, -0.2) is 56.0 Å². The Labute approximate surface area is 190 Å². The molecule has 31 heavy (non-hydrogen) atoms. The fourth-order valence-corrected chi connectivity index (χ4v) is 6.45. The summed E-state index contributed by atoms with van der Waals surface area (Å²) in [5.41, 5.74) is 0.511. The molecule has 1 atom stereocenters. The Bertz CT molecular complexity index is 911. The zero-order chi connectivity index (χ0) is 22.6. The maximum Gasteiger partial charge on any atom is 0.243 e. The molecule has 1 saturated heterocycles. The average Bonchev–Trinajstić information content (AvgIpc) is 2.83. The van der Waals surface area contributed by atoms with Crippen molar-refractivity contribution in [2.24, 2.45) is 5.92 Å². The smallest absolute Gasteiger partial charge is 0.243 e. The molecule has 1 aromatic carbocycles. The van der Waals surface area contributed by atoms with Crippen LogP contribution in [0.3, 0.4) is 0 Å². The first-order valence-electron chi connectivity index (χ1n) is 11.1. The lowest BCUT2D eigenvalue weighted by molar-refractivity contribution is -0.123. The van der Waals surface area contributed by atoms with Crippen molar-refractivity contribution in [3.05, 3.63) is 18.2 Å². The molecule has 172 valence electrons. The Morgan fingerprint density at radius 2 is 1.94 bits per heavy atom. The van der Waals surface area contributed by atoms with E-state index in [-0.39, 0.29) is 28.5 Å². The summed E-state index contributed by atoms with van der Waals surface area (Å²) < 4.78 is 28.0. The highest BCUT2D eigenvalue weighted by Crippen LogP contribution is 2.39. The lowest BCUT2D eigenvalue weighted by Gasteiger charge is -2.30. The number of hydrogen-bond acceptors (Lipinski definition) is 5. The van der Waals surface area contributed by atoms with Gasteiger partial charge in [0.25, 0.3) is 0 Å². The second kappa shape index (κ2) is 10.4. The first-order chi connectivity index (χ1) is 14.7. The highest BCUT2D eigenvalue weighted by Gasteiger charge is 2.32. The molecule has 3 rings (SSSR count). The minimum Gasteiger partial charge on any atom is -0.355 e. The van der Waals surface area contributed by atoms with Gasteiger partial charge in [0.2, 0.25) is 21.8 Å². The van der Waals surface area contributed by atoms with Crippen molar-refractivity contribution in [1.82, 2.24) is 9.62 Å². The Kier molecular flexibility index (Phi) is 8.04. The van der Waals surface area contributed by atoms with Crippen LogP contribution >= 0.6 is 11.8 Å². The van der Waals surface area contributed by atoms with E-state index in [1.165, 1.54) is 9.21 Å². The van der Waals surface area contributed by atoms with Crippen molar-refractivity contribution in [3.63, 3.8) is 0 Å². The normalized spacial score (nSPS) is 20.9. The minimum absolute atomic E-state index is 0.0467. The first kappa shape index (κ1) is 24.1. The molecule has 0 aromatic heterocycles. The summed E-state index contributed by atoms with van der Waals surface area (Å²) >= 11 is 1.54. The molecule has 0 aliphatic carbocycles. The lowest BCUT2D eigenvalue weighted by Crippen LogP contribution is -2.41. The number of amides is 2. The maximum absolute atomic E-state index is 13.3. The second-order valence-electron chi connectivity index (χ2n) is 8.53. The van der Waals surface area contributed by atoms with E-state index in [0.717, 1.165) is 30.6 Å². The Morgan fingerprint density at radius 3 is 2.61 bits per heavy atom. The van der Waals surface area contributed by atoms with Crippen LogP contribution in [0, 0.1) is 5.92 Å². The van der Waals surface area contributed by atoms with Gasteiger partial charge in [-0.1, -0.05) is 27.2 Å². The Balaban J connectivity index is 1.90. The predicted octanol–water partition coefficient (Wildman–Crippen LogP) is 3.24. The van der Waals surface area contributed by atoms with E-state index in [0.29, 0.717) is 37.7 Å². The van der Waals surface area contributed by atoms with Gasteiger partial charge >= 0.3 is 0 Å². The third-order valence-electron chi connectivity index (χ3n) is 5.85. The number of unbranched alkanes of at least 4 members (excludes halogenated alkanes) is 1. The number of carbonyl (C=O) groups is 2. The van der Waals surface area contributed by atoms with E-state index in [1.807, 2.05) is 13.8 Å². The summed E-state index contributed by atoms with van der Waals surface area (Å²) in [7, 11) is -3.65. The van der Waals surface area contributed by atoms with Crippen LogP contribution in [0.2, 0.25) is 0 Å². The van der Waals surface area contributed by atoms with E-state index < -0.39 is 10.0 Å². The quantitative estimate of drug-likeness (QED) is 0.622. The van der Waals surface area contributed by atoms with Crippen molar-refractivity contribution in [1.29, 1.82) is 0 Å². The number of hydrogen-bond donors (Lipinski definition) is 1. The van der Waals surface area contributed by atoms with Gasteiger partial charge in [0.05, 0.1) is 10.6 Å². The highest BCUT2D eigenvalue weighted by molar-refractivity contribution is 8.00. The number of benzene rings is 1. The van der Waals surface area contributed by atoms with Crippen LogP contribution in [0.25, 0.3) is 0 Å². The molecule has 2 heterocycles.